The van der Waals surface area contributed by atoms with E-state index in [1.54, 1.807) is 0 Å². The van der Waals surface area contributed by atoms with E-state index in [0.29, 0.717) is 6.61 Å². The Balaban J connectivity index is 2.63. The van der Waals surface area contributed by atoms with Crippen LogP contribution in [0.5, 0.6) is 0 Å². The fraction of sp³-hybridized carbons (Fsp3) is 0.786. The predicted molar refractivity (Wildman–Crippen MR) is 74.6 cm³/mol. The van der Waals surface area contributed by atoms with Gasteiger partial charge in [-0.25, -0.2) is 0 Å². The molecule has 0 amide bonds. The Morgan fingerprint density at radius 2 is 2.00 bits per heavy atom. The standard InChI is InChI=1S/C14H26O2Si/c1-11-8-7-9-12(13(11)15)10-16-17(5,6)14(2,3)4/h9,11H,7-8,10H2,1-6H3. The summed E-state index contributed by atoms with van der Waals surface area (Å²) in [6.45, 7) is 13.6. The lowest BCUT2D eigenvalue weighted by molar-refractivity contribution is -0.119. The van der Waals surface area contributed by atoms with Gasteiger partial charge in [0, 0.05) is 11.5 Å². The second-order valence-electron chi connectivity index (χ2n) is 6.62. The molecule has 0 aromatic carbocycles. The van der Waals surface area contributed by atoms with Gasteiger partial charge in [-0.2, -0.15) is 0 Å². The van der Waals surface area contributed by atoms with Crippen LogP contribution in [0.2, 0.25) is 18.1 Å². The van der Waals surface area contributed by atoms with E-state index < -0.39 is 8.32 Å². The molecule has 0 radical (unpaired) electrons. The summed E-state index contributed by atoms with van der Waals surface area (Å²) in [5.74, 6) is 0.466. The van der Waals surface area contributed by atoms with Crippen LogP contribution >= 0.6 is 0 Å². The van der Waals surface area contributed by atoms with Crippen LogP contribution in [0.25, 0.3) is 0 Å². The summed E-state index contributed by atoms with van der Waals surface area (Å²) in [7, 11) is -1.73. The molecular weight excluding hydrogens is 228 g/mol. The van der Waals surface area contributed by atoms with Crippen molar-refractivity contribution in [3.8, 4) is 0 Å². The van der Waals surface area contributed by atoms with Crippen molar-refractivity contribution < 1.29 is 9.22 Å². The molecule has 0 aliphatic heterocycles. The topological polar surface area (TPSA) is 26.3 Å². The Morgan fingerprint density at radius 1 is 1.41 bits per heavy atom. The van der Waals surface area contributed by atoms with Crippen LogP contribution in [0.3, 0.4) is 0 Å². The summed E-state index contributed by atoms with van der Waals surface area (Å²) in [6.07, 6.45) is 4.07. The van der Waals surface area contributed by atoms with Crippen molar-refractivity contribution in [2.24, 2.45) is 5.92 Å². The van der Waals surface area contributed by atoms with Gasteiger partial charge in [0.15, 0.2) is 14.1 Å². The second kappa shape index (κ2) is 5.07. The molecule has 0 saturated carbocycles. The summed E-state index contributed by atoms with van der Waals surface area (Å²) in [5, 5.41) is 0.205. The molecule has 1 atom stereocenters. The maximum atomic E-state index is 12.0. The molecule has 0 saturated heterocycles. The molecule has 1 aliphatic carbocycles. The molecule has 17 heavy (non-hydrogen) atoms. The minimum Gasteiger partial charge on any atom is -0.412 e. The summed E-state index contributed by atoms with van der Waals surface area (Å²) in [4.78, 5) is 12.0. The molecular formula is C14H26O2Si. The number of ketones is 1. The van der Waals surface area contributed by atoms with Gasteiger partial charge in [-0.05, 0) is 31.0 Å². The lowest BCUT2D eigenvalue weighted by atomic mass is 9.89. The van der Waals surface area contributed by atoms with Crippen LogP contribution in [0.15, 0.2) is 11.6 Å². The smallest absolute Gasteiger partial charge is 0.192 e. The zero-order valence-electron chi connectivity index (χ0n) is 12.1. The van der Waals surface area contributed by atoms with Crippen LogP contribution in [0.4, 0.5) is 0 Å². The molecule has 0 fully saturated rings. The number of rotatable bonds is 3. The fourth-order valence-corrected chi connectivity index (χ4v) is 2.61. The van der Waals surface area contributed by atoms with E-state index >= 15 is 0 Å². The number of allylic oxidation sites excluding steroid dienone is 1. The monoisotopic (exact) mass is 254 g/mol. The maximum absolute atomic E-state index is 12.0. The maximum Gasteiger partial charge on any atom is 0.192 e. The summed E-state index contributed by atoms with van der Waals surface area (Å²) in [6, 6.07) is 0. The van der Waals surface area contributed by atoms with Gasteiger partial charge in [0.1, 0.15) is 0 Å². The summed E-state index contributed by atoms with van der Waals surface area (Å²) < 4.78 is 6.10. The van der Waals surface area contributed by atoms with Gasteiger partial charge in [-0.3, -0.25) is 4.79 Å². The molecule has 2 nitrogen and oxygen atoms in total. The molecule has 1 unspecified atom stereocenters. The molecule has 1 aliphatic rings. The average molecular weight is 254 g/mol. The van der Waals surface area contributed by atoms with Crippen LogP contribution < -0.4 is 0 Å². The number of hydrogen-bond donors (Lipinski definition) is 0. The van der Waals surface area contributed by atoms with Crippen molar-refractivity contribution in [2.45, 2.75) is 58.7 Å². The van der Waals surface area contributed by atoms with Gasteiger partial charge in [0.2, 0.25) is 0 Å². The molecule has 0 aromatic rings. The minimum absolute atomic E-state index is 0.179. The van der Waals surface area contributed by atoms with E-state index in [2.05, 4.69) is 39.9 Å². The van der Waals surface area contributed by atoms with Gasteiger partial charge < -0.3 is 4.43 Å². The highest BCUT2D eigenvalue weighted by atomic mass is 28.4. The number of hydrogen-bond acceptors (Lipinski definition) is 2. The lowest BCUT2D eigenvalue weighted by Gasteiger charge is -2.36. The molecule has 1 rings (SSSR count). The van der Waals surface area contributed by atoms with Gasteiger partial charge in [0.05, 0.1) is 6.61 Å². The predicted octanol–water partition coefficient (Wildman–Crippen LogP) is 3.93. The highest BCUT2D eigenvalue weighted by Gasteiger charge is 2.37. The van der Waals surface area contributed by atoms with Gasteiger partial charge in [-0.15, -0.1) is 0 Å². The van der Waals surface area contributed by atoms with Crippen LogP contribution in [0.1, 0.15) is 40.5 Å². The quantitative estimate of drug-likeness (QED) is 0.713. The molecule has 0 heterocycles. The lowest BCUT2D eigenvalue weighted by Crippen LogP contribution is -2.41. The van der Waals surface area contributed by atoms with E-state index in [-0.39, 0.29) is 16.7 Å². The molecule has 3 heteroatoms. The van der Waals surface area contributed by atoms with Crippen molar-refractivity contribution in [3.63, 3.8) is 0 Å². The molecule has 98 valence electrons. The van der Waals surface area contributed by atoms with Crippen molar-refractivity contribution in [2.75, 3.05) is 6.61 Å². The number of Topliss-reactive ketones (excluding diaryl/α,β-unsaturated/α-hetero) is 1. The van der Waals surface area contributed by atoms with Crippen molar-refractivity contribution >= 4 is 14.1 Å². The number of carbonyl (C=O) groups excluding carboxylic acids is 1. The minimum atomic E-state index is -1.73. The van der Waals surface area contributed by atoms with E-state index in [4.69, 9.17) is 4.43 Å². The van der Waals surface area contributed by atoms with E-state index in [1.165, 1.54) is 0 Å². The van der Waals surface area contributed by atoms with Gasteiger partial charge in [0.25, 0.3) is 0 Å². The zero-order chi connectivity index (χ0) is 13.3. The Bertz CT molecular complexity index is 324. The van der Waals surface area contributed by atoms with E-state index in [0.717, 1.165) is 18.4 Å². The summed E-state index contributed by atoms with van der Waals surface area (Å²) >= 11 is 0. The molecule has 0 spiro atoms. The largest absolute Gasteiger partial charge is 0.412 e. The van der Waals surface area contributed by atoms with Crippen LogP contribution in [-0.4, -0.2) is 20.7 Å². The SMILES string of the molecule is CC1CCC=C(CO[Si](C)(C)C(C)(C)C)C1=O. The normalized spacial score (nSPS) is 22.6. The van der Waals surface area contributed by atoms with Crippen LogP contribution in [0, 0.1) is 5.92 Å². The first kappa shape index (κ1) is 14.6. The van der Waals surface area contributed by atoms with E-state index in [1.807, 2.05) is 6.92 Å². The van der Waals surface area contributed by atoms with Crippen LogP contribution in [-0.2, 0) is 9.22 Å². The van der Waals surface area contributed by atoms with Gasteiger partial charge >= 0.3 is 0 Å². The Hall–Kier alpha value is -0.413. The first-order valence-electron chi connectivity index (χ1n) is 6.52. The third kappa shape index (κ3) is 3.52. The average Bonchev–Trinajstić information content (AvgIpc) is 2.18. The highest BCUT2D eigenvalue weighted by Crippen LogP contribution is 2.37. The third-order valence-corrected chi connectivity index (χ3v) is 8.63. The highest BCUT2D eigenvalue weighted by molar-refractivity contribution is 6.74. The molecule has 0 N–H and O–H groups in total. The Kier molecular flexibility index (Phi) is 4.36. The zero-order valence-corrected chi connectivity index (χ0v) is 13.1. The molecule has 0 bridgehead atoms. The third-order valence-electron chi connectivity index (χ3n) is 4.15. The summed E-state index contributed by atoms with van der Waals surface area (Å²) in [5.41, 5.74) is 0.897. The molecule has 0 aromatic heterocycles. The van der Waals surface area contributed by atoms with Crippen molar-refractivity contribution in [1.29, 1.82) is 0 Å². The van der Waals surface area contributed by atoms with Gasteiger partial charge in [-0.1, -0.05) is 33.8 Å². The van der Waals surface area contributed by atoms with E-state index in [9.17, 15) is 4.79 Å². The van der Waals surface area contributed by atoms with Crippen molar-refractivity contribution in [1.82, 2.24) is 0 Å². The second-order valence-corrected chi connectivity index (χ2v) is 11.4. The fourth-order valence-electron chi connectivity index (χ4n) is 1.66. The first-order chi connectivity index (χ1) is 7.65. The van der Waals surface area contributed by atoms with Crippen molar-refractivity contribution in [3.05, 3.63) is 11.6 Å². The first-order valence-corrected chi connectivity index (χ1v) is 9.43. The number of carbonyl (C=O) groups is 1. The Morgan fingerprint density at radius 3 is 2.53 bits per heavy atom. The Labute approximate surface area is 107 Å².